The first-order chi connectivity index (χ1) is 5.27. The summed E-state index contributed by atoms with van der Waals surface area (Å²) >= 11 is 4.37. The normalized spacial score (nSPS) is 8.45. The summed E-state index contributed by atoms with van der Waals surface area (Å²) in [5.41, 5.74) is 0. The monoisotopic (exact) mass is 173 g/mol. The van der Waals surface area contributed by atoms with Crippen LogP contribution in [0.25, 0.3) is 0 Å². The van der Waals surface area contributed by atoms with E-state index in [0.717, 1.165) is 12.8 Å². The van der Waals surface area contributed by atoms with Crippen LogP contribution in [0.15, 0.2) is 4.99 Å². The van der Waals surface area contributed by atoms with Crippen molar-refractivity contribution >= 4 is 23.3 Å². The first-order valence-corrected chi connectivity index (χ1v) is 3.85. The molecular weight excluding hydrogens is 162 g/mol. The van der Waals surface area contributed by atoms with Gasteiger partial charge < -0.3 is 4.74 Å². The summed E-state index contributed by atoms with van der Waals surface area (Å²) in [5.74, 6) is -0.233. The van der Waals surface area contributed by atoms with Gasteiger partial charge in [0.05, 0.1) is 11.8 Å². The summed E-state index contributed by atoms with van der Waals surface area (Å²) in [6.45, 7) is 2.54. The van der Waals surface area contributed by atoms with E-state index < -0.39 is 0 Å². The van der Waals surface area contributed by atoms with Crippen LogP contribution in [0.3, 0.4) is 0 Å². The fraction of sp³-hybridized carbons (Fsp3) is 0.714. The number of carbonyl (C=O) groups excluding carboxylic acids is 1. The molecule has 62 valence electrons. The summed E-state index contributed by atoms with van der Waals surface area (Å²) in [4.78, 5) is 14.0. The number of thiocarbonyl (C=S) groups is 1. The van der Waals surface area contributed by atoms with Crippen LogP contribution in [0.4, 0.5) is 0 Å². The van der Waals surface area contributed by atoms with Gasteiger partial charge in [0.25, 0.3) is 0 Å². The lowest BCUT2D eigenvalue weighted by Crippen LogP contribution is -2.00. The summed E-state index contributed by atoms with van der Waals surface area (Å²) in [7, 11) is 0. The molecule has 11 heavy (non-hydrogen) atoms. The molecule has 0 spiro atoms. The number of isothiocyanates is 1. The average molecular weight is 173 g/mol. The highest BCUT2D eigenvalue weighted by atomic mass is 32.1. The van der Waals surface area contributed by atoms with Crippen LogP contribution in [-0.2, 0) is 9.53 Å². The third kappa shape index (κ3) is 9.27. The van der Waals surface area contributed by atoms with Crippen LogP contribution in [0.2, 0.25) is 0 Å². The molecule has 0 heterocycles. The molecule has 0 aromatic carbocycles. The molecule has 0 bridgehead atoms. The number of ether oxygens (including phenoxy) is 1. The van der Waals surface area contributed by atoms with Crippen molar-refractivity contribution in [1.29, 1.82) is 0 Å². The lowest BCUT2D eigenvalue weighted by atomic mass is 10.3. The number of hydrogen-bond acceptors (Lipinski definition) is 4. The highest BCUT2D eigenvalue weighted by molar-refractivity contribution is 7.78. The highest BCUT2D eigenvalue weighted by Gasteiger charge is 1.91. The van der Waals surface area contributed by atoms with Gasteiger partial charge in [-0.1, -0.05) is 0 Å². The number of esters is 1. The molecule has 0 radical (unpaired) electrons. The fourth-order valence-corrected chi connectivity index (χ4v) is 0.646. The Balaban J connectivity index is 3.02. The molecule has 0 saturated carbocycles. The Hall–Kier alpha value is -0.730. The number of aliphatic imine (C=N–C) groups is 1. The van der Waals surface area contributed by atoms with E-state index >= 15 is 0 Å². The maximum atomic E-state index is 10.3. The van der Waals surface area contributed by atoms with Gasteiger partial charge >= 0.3 is 5.97 Å². The molecule has 0 aromatic heterocycles. The van der Waals surface area contributed by atoms with Crippen molar-refractivity contribution in [2.45, 2.75) is 19.8 Å². The Labute approximate surface area is 71.5 Å². The van der Waals surface area contributed by atoms with E-state index in [4.69, 9.17) is 4.74 Å². The third-order valence-electron chi connectivity index (χ3n) is 1.03. The number of rotatable bonds is 5. The molecule has 0 atom stereocenters. The van der Waals surface area contributed by atoms with E-state index in [0.29, 0.717) is 13.2 Å². The minimum Gasteiger partial charge on any atom is -0.466 e. The van der Waals surface area contributed by atoms with Crippen molar-refractivity contribution < 1.29 is 9.53 Å². The molecule has 0 unspecified atom stereocenters. The second-order valence-corrected chi connectivity index (χ2v) is 2.20. The van der Waals surface area contributed by atoms with Gasteiger partial charge in [-0.15, -0.1) is 0 Å². The van der Waals surface area contributed by atoms with Gasteiger partial charge in [-0.2, -0.15) is 0 Å². The third-order valence-corrected chi connectivity index (χ3v) is 1.16. The van der Waals surface area contributed by atoms with Crippen molar-refractivity contribution in [2.75, 3.05) is 13.2 Å². The molecule has 0 aromatic rings. The Morgan fingerprint density at radius 2 is 2.36 bits per heavy atom. The molecule has 0 amide bonds. The average Bonchev–Trinajstić information content (AvgIpc) is 1.96. The Bertz CT molecular complexity index is 160. The topological polar surface area (TPSA) is 38.7 Å². The van der Waals surface area contributed by atoms with Gasteiger partial charge in [0.2, 0.25) is 0 Å². The minimum atomic E-state index is -0.233. The number of nitrogens with zero attached hydrogens (tertiary/aromatic N) is 1. The first-order valence-electron chi connectivity index (χ1n) is 3.44. The SMILES string of the molecule is CC(=O)OCCCCN=C=S. The van der Waals surface area contributed by atoms with Gasteiger partial charge in [-0.3, -0.25) is 4.79 Å². The smallest absolute Gasteiger partial charge is 0.302 e. The van der Waals surface area contributed by atoms with E-state index in [2.05, 4.69) is 22.4 Å². The van der Waals surface area contributed by atoms with Gasteiger partial charge in [-0.05, 0) is 25.1 Å². The lowest BCUT2D eigenvalue weighted by Gasteiger charge is -1.98. The van der Waals surface area contributed by atoms with E-state index in [-0.39, 0.29) is 5.97 Å². The maximum absolute atomic E-state index is 10.3. The Morgan fingerprint density at radius 1 is 1.64 bits per heavy atom. The van der Waals surface area contributed by atoms with Gasteiger partial charge in [0, 0.05) is 13.5 Å². The largest absolute Gasteiger partial charge is 0.466 e. The van der Waals surface area contributed by atoms with E-state index in [9.17, 15) is 4.79 Å². The van der Waals surface area contributed by atoms with Crippen molar-refractivity contribution in [3.8, 4) is 0 Å². The standard InChI is InChI=1S/C7H11NO2S/c1-7(9)10-5-3-2-4-8-6-11/h2-5H2,1H3. The summed E-state index contributed by atoms with van der Waals surface area (Å²) in [6.07, 6.45) is 1.72. The van der Waals surface area contributed by atoms with Crippen molar-refractivity contribution in [2.24, 2.45) is 4.99 Å². The summed E-state index contributed by atoms with van der Waals surface area (Å²) in [6, 6.07) is 0. The number of carbonyl (C=O) groups is 1. The van der Waals surface area contributed by atoms with E-state index in [1.165, 1.54) is 6.92 Å². The highest BCUT2D eigenvalue weighted by Crippen LogP contribution is 1.90. The van der Waals surface area contributed by atoms with Crippen LogP contribution >= 0.6 is 12.2 Å². The minimum absolute atomic E-state index is 0.233. The first kappa shape index (κ1) is 10.3. The molecule has 0 saturated heterocycles. The van der Waals surface area contributed by atoms with E-state index in [1.807, 2.05) is 0 Å². The van der Waals surface area contributed by atoms with Gasteiger partial charge in [0.1, 0.15) is 0 Å². The Kier molecular flexibility index (Phi) is 6.89. The Morgan fingerprint density at radius 3 is 2.91 bits per heavy atom. The van der Waals surface area contributed by atoms with E-state index in [1.54, 1.807) is 0 Å². The fourth-order valence-electron chi connectivity index (χ4n) is 0.554. The molecule has 0 N–H and O–H groups in total. The summed E-state index contributed by atoms with van der Waals surface area (Å²) in [5, 5.41) is 2.27. The quantitative estimate of drug-likeness (QED) is 0.273. The van der Waals surface area contributed by atoms with Gasteiger partial charge in [-0.25, -0.2) is 4.99 Å². The van der Waals surface area contributed by atoms with Crippen LogP contribution in [0.1, 0.15) is 19.8 Å². The van der Waals surface area contributed by atoms with Crippen LogP contribution in [-0.4, -0.2) is 24.3 Å². The van der Waals surface area contributed by atoms with Crippen LogP contribution in [0.5, 0.6) is 0 Å². The second-order valence-electron chi connectivity index (χ2n) is 2.02. The predicted molar refractivity (Wildman–Crippen MR) is 45.8 cm³/mol. The zero-order valence-corrected chi connectivity index (χ0v) is 7.32. The van der Waals surface area contributed by atoms with Crippen LogP contribution < -0.4 is 0 Å². The molecular formula is C7H11NO2S. The zero-order chi connectivity index (χ0) is 8.53. The van der Waals surface area contributed by atoms with Crippen molar-refractivity contribution in [1.82, 2.24) is 0 Å². The predicted octanol–water partition coefficient (Wildman–Crippen LogP) is 1.43. The number of hydrogen-bond donors (Lipinski definition) is 0. The van der Waals surface area contributed by atoms with Crippen LogP contribution in [0, 0.1) is 0 Å². The molecule has 0 aliphatic heterocycles. The van der Waals surface area contributed by atoms with Crippen molar-refractivity contribution in [3.63, 3.8) is 0 Å². The van der Waals surface area contributed by atoms with Crippen molar-refractivity contribution in [3.05, 3.63) is 0 Å². The molecule has 3 nitrogen and oxygen atoms in total. The van der Waals surface area contributed by atoms with Gasteiger partial charge in [0.15, 0.2) is 0 Å². The zero-order valence-electron chi connectivity index (χ0n) is 6.50. The molecule has 4 heteroatoms. The maximum Gasteiger partial charge on any atom is 0.302 e. The molecule has 0 aliphatic rings. The summed E-state index contributed by atoms with van der Waals surface area (Å²) < 4.78 is 4.70. The molecule has 0 rings (SSSR count). The molecule has 0 aliphatic carbocycles. The number of unbranched alkanes of at least 4 members (excludes halogenated alkanes) is 1. The lowest BCUT2D eigenvalue weighted by molar-refractivity contribution is -0.141. The second kappa shape index (κ2) is 7.38. The molecule has 0 fully saturated rings.